The van der Waals surface area contributed by atoms with Gasteiger partial charge in [0.1, 0.15) is 12.1 Å². The monoisotopic (exact) mass is 548 g/mol. The second kappa shape index (κ2) is 8.58. The van der Waals surface area contributed by atoms with E-state index in [1.807, 2.05) is 10.9 Å². The highest BCUT2D eigenvalue weighted by atomic mass is 32.1. The Bertz CT molecular complexity index is 1470. The van der Waals surface area contributed by atoms with Crippen molar-refractivity contribution in [1.82, 2.24) is 9.78 Å². The third-order valence-electron chi connectivity index (χ3n) is 10.7. The minimum absolute atomic E-state index is 0.0673. The van der Waals surface area contributed by atoms with Gasteiger partial charge in [0.25, 0.3) is 0 Å². The molecule has 4 aliphatic carbocycles. The molecule has 3 saturated carbocycles. The molecule has 0 radical (unpaired) electrons. The molecule has 1 N–H and O–H groups in total. The van der Waals surface area contributed by atoms with Gasteiger partial charge in [-0.1, -0.05) is 19.4 Å². The molecule has 2 heterocycles. The number of rotatable bonds is 4. The van der Waals surface area contributed by atoms with Gasteiger partial charge >= 0.3 is 0 Å². The molecule has 0 amide bonds. The molecule has 8 heteroatoms. The van der Waals surface area contributed by atoms with Crippen LogP contribution in [0.1, 0.15) is 57.2 Å². The van der Waals surface area contributed by atoms with Crippen LogP contribution in [0.5, 0.6) is 5.75 Å². The summed E-state index contributed by atoms with van der Waals surface area (Å²) in [7, 11) is 0. The predicted octanol–water partition coefficient (Wildman–Crippen LogP) is 6.03. The van der Waals surface area contributed by atoms with E-state index in [1.54, 1.807) is 18.2 Å². The van der Waals surface area contributed by atoms with E-state index >= 15 is 0 Å². The molecule has 4 aliphatic rings. The number of hydrogen-bond acceptors (Lipinski definition) is 5. The quantitative estimate of drug-likeness (QED) is 0.389. The van der Waals surface area contributed by atoms with E-state index in [9.17, 15) is 14.3 Å². The fourth-order valence-corrected chi connectivity index (χ4v) is 9.45. The molecule has 0 spiro atoms. The van der Waals surface area contributed by atoms with Gasteiger partial charge in [0.2, 0.25) is 5.12 Å². The Kier molecular flexibility index (Phi) is 5.53. The predicted molar refractivity (Wildman–Crippen MR) is 147 cm³/mol. The van der Waals surface area contributed by atoms with Crippen molar-refractivity contribution in [3.05, 3.63) is 71.7 Å². The normalized spacial score (nSPS) is 36.8. The van der Waals surface area contributed by atoms with Gasteiger partial charge in [-0.05, 0) is 97.6 Å². The lowest BCUT2D eigenvalue weighted by Crippen LogP contribution is -2.63. The Labute approximate surface area is 232 Å². The molecule has 7 rings (SSSR count). The van der Waals surface area contributed by atoms with Crippen LogP contribution in [0.15, 0.2) is 59.0 Å². The second-order valence-electron chi connectivity index (χ2n) is 12.5. The first-order valence-electron chi connectivity index (χ1n) is 13.8. The van der Waals surface area contributed by atoms with E-state index in [0.29, 0.717) is 18.6 Å². The lowest BCUT2D eigenvalue weighted by molar-refractivity contribution is -0.167. The Hall–Kier alpha value is -2.84. The van der Waals surface area contributed by atoms with E-state index in [1.165, 1.54) is 30.2 Å². The van der Waals surface area contributed by atoms with Crippen molar-refractivity contribution in [3.63, 3.8) is 0 Å². The van der Waals surface area contributed by atoms with Crippen molar-refractivity contribution < 1.29 is 23.4 Å². The number of carbonyl (C=O) groups excluding carboxylic acids is 1. The number of thiol groups is 1. The van der Waals surface area contributed by atoms with Crippen LogP contribution in [0.3, 0.4) is 0 Å². The van der Waals surface area contributed by atoms with Gasteiger partial charge in [-0.3, -0.25) is 4.79 Å². The molecule has 0 bridgehead atoms. The number of aromatic nitrogens is 2. The van der Waals surface area contributed by atoms with Crippen molar-refractivity contribution in [2.75, 3.05) is 0 Å². The number of aliphatic hydroxyl groups is 1. The molecular formula is C31H33FN2O4S. The zero-order chi connectivity index (χ0) is 27.2. The summed E-state index contributed by atoms with van der Waals surface area (Å²) in [6, 6.07) is 8.13. The average molecular weight is 549 g/mol. The maximum atomic E-state index is 13.5. The minimum Gasteiger partial charge on any atom is -0.475 e. The summed E-state index contributed by atoms with van der Waals surface area (Å²) < 4.78 is 27.1. The highest BCUT2D eigenvalue weighted by molar-refractivity contribution is 7.96. The van der Waals surface area contributed by atoms with Crippen LogP contribution in [0, 0.1) is 34.4 Å². The van der Waals surface area contributed by atoms with Gasteiger partial charge in [0.15, 0.2) is 11.4 Å². The lowest BCUT2D eigenvalue weighted by atomic mass is 9.45. The van der Waals surface area contributed by atoms with E-state index in [2.05, 4.69) is 37.7 Å². The Balaban J connectivity index is 1.24. The molecule has 3 fully saturated rings. The molecule has 1 aromatic carbocycles. The molecule has 2 aromatic heterocycles. The average Bonchev–Trinajstić information content (AvgIpc) is 3.61. The topological polar surface area (TPSA) is 77.5 Å². The Morgan fingerprint density at radius 3 is 2.74 bits per heavy atom. The third-order valence-corrected chi connectivity index (χ3v) is 11.1. The first kappa shape index (κ1) is 25.1. The summed E-state index contributed by atoms with van der Waals surface area (Å²) in [5.74, 6) is 0.813. The number of halogens is 1. The van der Waals surface area contributed by atoms with Crippen molar-refractivity contribution in [1.29, 1.82) is 0 Å². The van der Waals surface area contributed by atoms with Gasteiger partial charge in [-0.25, -0.2) is 9.07 Å². The van der Waals surface area contributed by atoms with E-state index in [-0.39, 0.29) is 34.1 Å². The number of fused-ring (bicyclic) bond motifs is 6. The van der Waals surface area contributed by atoms with Crippen LogP contribution in [-0.2, 0) is 11.2 Å². The maximum Gasteiger partial charge on any atom is 0.230 e. The first-order valence-corrected chi connectivity index (χ1v) is 14.3. The summed E-state index contributed by atoms with van der Waals surface area (Å²) >= 11 is 4.35. The summed E-state index contributed by atoms with van der Waals surface area (Å²) in [5, 5.41) is 16.3. The standard InChI is InChI=1S/C31H33FN2O4S/c1-29-14-18-16-33-34(21-6-4-20(32)5-7-21)25(18)13-19(29)3-8-23-24-9-11-31(28(36)39,38-22-10-12-37-17-22)30(24,2)15-26(35)27(23)29/h4-7,10,12-13,16-17,23-24,26-27,35H,3,8-9,11,14-15H2,1-2H3,(H,36,39)/t23-,24-,26-,27+,29-,30-,31-/m0/s1. The number of aliphatic hydroxyl groups excluding tert-OH is 1. The highest BCUT2D eigenvalue weighted by Crippen LogP contribution is 2.68. The largest absolute Gasteiger partial charge is 0.475 e. The lowest BCUT2D eigenvalue weighted by Gasteiger charge is -2.60. The molecule has 6 nitrogen and oxygen atoms in total. The molecule has 204 valence electrons. The van der Waals surface area contributed by atoms with Gasteiger partial charge in [-0.2, -0.15) is 5.10 Å². The van der Waals surface area contributed by atoms with Gasteiger partial charge in [0.05, 0.1) is 29.9 Å². The summed E-state index contributed by atoms with van der Waals surface area (Å²) in [6.07, 6.45) is 11.2. The number of allylic oxidation sites excluding steroid dienone is 1. The fraction of sp³-hybridized carbons (Fsp3) is 0.484. The Morgan fingerprint density at radius 2 is 2.03 bits per heavy atom. The zero-order valence-electron chi connectivity index (χ0n) is 22.1. The van der Waals surface area contributed by atoms with E-state index in [4.69, 9.17) is 9.15 Å². The number of nitrogens with zero attached hydrogens (tertiary/aromatic N) is 2. The van der Waals surface area contributed by atoms with Gasteiger partial charge in [-0.15, -0.1) is 12.6 Å². The SMILES string of the molecule is C[C@]12Cc3cnn(-c4ccc(F)cc4)c3C=C1CC[C@@H]1[C@@H]2[C@@H](O)C[C@@]2(C)[C@H]1CC[C@]2(Oc1ccoc1)C(=O)S. The fourth-order valence-electron chi connectivity index (χ4n) is 9.03. The first-order chi connectivity index (χ1) is 18.7. The van der Waals surface area contributed by atoms with Crippen molar-refractivity contribution in [3.8, 4) is 11.4 Å². The molecule has 39 heavy (non-hydrogen) atoms. The third kappa shape index (κ3) is 3.43. The number of furan rings is 1. The van der Waals surface area contributed by atoms with Crippen molar-refractivity contribution >= 4 is 23.8 Å². The molecule has 7 atom stereocenters. The molecule has 0 unspecified atom stereocenters. The number of carbonyl (C=O) groups is 1. The minimum atomic E-state index is -1.11. The second-order valence-corrected chi connectivity index (χ2v) is 12.9. The maximum absolute atomic E-state index is 13.5. The van der Waals surface area contributed by atoms with E-state index in [0.717, 1.165) is 42.6 Å². The zero-order valence-corrected chi connectivity index (χ0v) is 23.0. The highest BCUT2D eigenvalue weighted by Gasteiger charge is 2.70. The molecule has 0 aliphatic heterocycles. The van der Waals surface area contributed by atoms with Gasteiger partial charge in [0, 0.05) is 11.5 Å². The van der Waals surface area contributed by atoms with Crippen molar-refractivity contribution in [2.24, 2.45) is 28.6 Å². The van der Waals surface area contributed by atoms with Crippen LogP contribution >= 0.6 is 12.6 Å². The molecular weight excluding hydrogens is 515 g/mol. The van der Waals surface area contributed by atoms with Crippen LogP contribution in [0.4, 0.5) is 4.39 Å². The Morgan fingerprint density at radius 1 is 1.23 bits per heavy atom. The van der Waals surface area contributed by atoms with Crippen LogP contribution in [0.25, 0.3) is 11.8 Å². The molecule has 3 aromatic rings. The van der Waals surface area contributed by atoms with Crippen LogP contribution in [-0.4, -0.2) is 31.7 Å². The number of hydrogen-bond donors (Lipinski definition) is 2. The number of benzene rings is 1. The number of ether oxygens (including phenoxy) is 1. The van der Waals surface area contributed by atoms with E-state index < -0.39 is 17.1 Å². The summed E-state index contributed by atoms with van der Waals surface area (Å²) in [6.45, 7) is 4.42. The van der Waals surface area contributed by atoms with Crippen molar-refractivity contribution in [2.45, 2.75) is 64.1 Å². The summed E-state index contributed by atoms with van der Waals surface area (Å²) in [5.41, 5.74) is 2.48. The summed E-state index contributed by atoms with van der Waals surface area (Å²) in [4.78, 5) is 13.2. The van der Waals surface area contributed by atoms with Crippen LogP contribution < -0.4 is 4.74 Å². The molecule has 0 saturated heterocycles. The van der Waals surface area contributed by atoms with Crippen LogP contribution in [0.2, 0.25) is 0 Å². The smallest absolute Gasteiger partial charge is 0.230 e. The van der Waals surface area contributed by atoms with Gasteiger partial charge < -0.3 is 14.3 Å².